The lowest BCUT2D eigenvalue weighted by molar-refractivity contribution is -0.143. The largest absolute Gasteiger partial charge is 0.378 e. The Morgan fingerprint density at radius 3 is 2.52 bits per heavy atom. The van der Waals surface area contributed by atoms with Gasteiger partial charge in [0.2, 0.25) is 5.91 Å². The van der Waals surface area contributed by atoms with Crippen molar-refractivity contribution < 1.29 is 9.53 Å². The Morgan fingerprint density at radius 1 is 1.20 bits per heavy atom. The Kier molecular flexibility index (Phi) is 7.91. The Labute approximate surface area is 152 Å². The highest BCUT2D eigenvalue weighted by Crippen LogP contribution is 2.28. The number of hydrogen-bond donors (Lipinski definition) is 1. The van der Waals surface area contributed by atoms with Gasteiger partial charge < -0.3 is 15.4 Å². The SMILES string of the molecule is CC(C)(CCCc1ccccc1)C(=O)N1CCC(OCCCN)CC1. The van der Waals surface area contributed by atoms with E-state index in [1.54, 1.807) is 0 Å². The lowest BCUT2D eigenvalue weighted by Gasteiger charge is -2.37. The molecule has 1 heterocycles. The number of amides is 1. The molecule has 1 aliphatic rings. The number of ether oxygens (including phenoxy) is 1. The molecule has 0 atom stereocenters. The first-order valence-corrected chi connectivity index (χ1v) is 9.68. The summed E-state index contributed by atoms with van der Waals surface area (Å²) >= 11 is 0. The van der Waals surface area contributed by atoms with Crippen LogP contribution >= 0.6 is 0 Å². The van der Waals surface area contributed by atoms with E-state index >= 15 is 0 Å². The lowest BCUT2D eigenvalue weighted by Crippen LogP contribution is -2.46. The molecular formula is C21H34N2O2. The second kappa shape index (κ2) is 9.93. The maximum atomic E-state index is 12.9. The predicted molar refractivity (Wildman–Crippen MR) is 102 cm³/mol. The molecule has 25 heavy (non-hydrogen) atoms. The van der Waals surface area contributed by atoms with Gasteiger partial charge >= 0.3 is 0 Å². The summed E-state index contributed by atoms with van der Waals surface area (Å²) in [5.74, 6) is 0.293. The van der Waals surface area contributed by atoms with Crippen molar-refractivity contribution in [3.8, 4) is 0 Å². The van der Waals surface area contributed by atoms with Crippen LogP contribution in [0.2, 0.25) is 0 Å². The first-order valence-electron chi connectivity index (χ1n) is 9.68. The maximum absolute atomic E-state index is 12.9. The number of hydrogen-bond acceptors (Lipinski definition) is 3. The average Bonchev–Trinajstić information content (AvgIpc) is 2.63. The number of likely N-dealkylation sites (tertiary alicyclic amines) is 1. The van der Waals surface area contributed by atoms with Gasteiger partial charge in [0, 0.05) is 25.1 Å². The summed E-state index contributed by atoms with van der Waals surface area (Å²) in [5, 5.41) is 0. The first-order chi connectivity index (χ1) is 12.0. The average molecular weight is 347 g/mol. The van der Waals surface area contributed by atoms with Gasteiger partial charge in [-0.1, -0.05) is 44.2 Å². The molecular weight excluding hydrogens is 312 g/mol. The number of nitrogens with zero attached hydrogens (tertiary/aromatic N) is 1. The quantitative estimate of drug-likeness (QED) is 0.697. The van der Waals surface area contributed by atoms with Crippen molar-refractivity contribution in [3.05, 3.63) is 35.9 Å². The highest BCUT2D eigenvalue weighted by Gasteiger charge is 2.33. The van der Waals surface area contributed by atoms with Gasteiger partial charge in [0.15, 0.2) is 0 Å². The van der Waals surface area contributed by atoms with E-state index in [2.05, 4.69) is 38.1 Å². The lowest BCUT2D eigenvalue weighted by atomic mass is 9.84. The van der Waals surface area contributed by atoms with Gasteiger partial charge in [0.25, 0.3) is 0 Å². The summed E-state index contributed by atoms with van der Waals surface area (Å²) in [6.45, 7) is 7.21. The zero-order valence-corrected chi connectivity index (χ0v) is 15.9. The minimum atomic E-state index is -0.290. The fourth-order valence-corrected chi connectivity index (χ4v) is 3.47. The molecule has 1 aromatic rings. The van der Waals surface area contributed by atoms with E-state index in [9.17, 15) is 4.79 Å². The molecule has 1 fully saturated rings. The Balaban J connectivity index is 1.73. The van der Waals surface area contributed by atoms with E-state index in [0.717, 1.165) is 58.2 Å². The van der Waals surface area contributed by atoms with E-state index in [0.29, 0.717) is 12.5 Å². The highest BCUT2D eigenvalue weighted by atomic mass is 16.5. The molecule has 0 spiro atoms. The van der Waals surface area contributed by atoms with Crippen LogP contribution in [-0.4, -0.2) is 43.2 Å². The predicted octanol–water partition coefficient (Wildman–Crippen LogP) is 3.39. The van der Waals surface area contributed by atoms with E-state index in [4.69, 9.17) is 10.5 Å². The summed E-state index contributed by atoms with van der Waals surface area (Å²) in [7, 11) is 0. The molecule has 0 radical (unpaired) electrons. The summed E-state index contributed by atoms with van der Waals surface area (Å²) in [4.78, 5) is 14.9. The van der Waals surface area contributed by atoms with Gasteiger partial charge in [-0.25, -0.2) is 0 Å². The maximum Gasteiger partial charge on any atom is 0.228 e. The highest BCUT2D eigenvalue weighted by molar-refractivity contribution is 5.82. The number of rotatable bonds is 9. The first kappa shape index (κ1) is 19.9. The summed E-state index contributed by atoms with van der Waals surface area (Å²) < 4.78 is 5.83. The van der Waals surface area contributed by atoms with Gasteiger partial charge in [-0.15, -0.1) is 0 Å². The summed E-state index contributed by atoms with van der Waals surface area (Å²) in [6, 6.07) is 10.5. The summed E-state index contributed by atoms with van der Waals surface area (Å²) in [5.41, 5.74) is 6.56. The van der Waals surface area contributed by atoms with Gasteiger partial charge in [0.1, 0.15) is 0 Å². The minimum absolute atomic E-state index is 0.289. The fraction of sp³-hybridized carbons (Fsp3) is 0.667. The topological polar surface area (TPSA) is 55.6 Å². The second-order valence-corrected chi connectivity index (χ2v) is 7.73. The molecule has 1 aliphatic heterocycles. The van der Waals surface area contributed by atoms with Crippen molar-refractivity contribution in [2.24, 2.45) is 11.1 Å². The van der Waals surface area contributed by atoms with Crippen LogP contribution in [0.1, 0.15) is 51.5 Å². The van der Waals surface area contributed by atoms with Crippen molar-refractivity contribution in [3.63, 3.8) is 0 Å². The monoisotopic (exact) mass is 346 g/mol. The molecule has 2 N–H and O–H groups in total. The zero-order chi connectivity index (χ0) is 18.1. The van der Waals surface area contributed by atoms with E-state index in [1.807, 2.05) is 11.0 Å². The molecule has 1 saturated heterocycles. The molecule has 1 amide bonds. The molecule has 140 valence electrons. The number of nitrogens with two attached hydrogens (primary N) is 1. The van der Waals surface area contributed by atoms with Crippen LogP contribution in [0.4, 0.5) is 0 Å². The third-order valence-electron chi connectivity index (χ3n) is 5.12. The van der Waals surface area contributed by atoms with Crippen LogP contribution in [0.5, 0.6) is 0 Å². The Hall–Kier alpha value is -1.39. The molecule has 0 bridgehead atoms. The van der Waals surface area contributed by atoms with Gasteiger partial charge in [-0.3, -0.25) is 4.79 Å². The third-order valence-corrected chi connectivity index (χ3v) is 5.12. The molecule has 0 saturated carbocycles. The Bertz CT molecular complexity index is 508. The van der Waals surface area contributed by atoms with E-state index in [-0.39, 0.29) is 11.5 Å². The summed E-state index contributed by atoms with van der Waals surface area (Å²) in [6.07, 6.45) is 6.08. The Morgan fingerprint density at radius 2 is 1.88 bits per heavy atom. The van der Waals surface area contributed by atoms with Crippen molar-refractivity contribution in [1.29, 1.82) is 0 Å². The van der Waals surface area contributed by atoms with Crippen LogP contribution in [0.25, 0.3) is 0 Å². The van der Waals surface area contributed by atoms with Crippen LogP contribution in [-0.2, 0) is 16.0 Å². The van der Waals surface area contributed by atoms with Crippen LogP contribution in [0.3, 0.4) is 0 Å². The molecule has 0 aromatic heterocycles. The van der Waals surface area contributed by atoms with Crippen molar-refractivity contribution in [1.82, 2.24) is 4.90 Å². The molecule has 2 rings (SSSR count). The van der Waals surface area contributed by atoms with Gasteiger partial charge in [-0.2, -0.15) is 0 Å². The van der Waals surface area contributed by atoms with Crippen molar-refractivity contribution in [2.45, 2.75) is 58.5 Å². The van der Waals surface area contributed by atoms with Crippen LogP contribution in [0, 0.1) is 5.41 Å². The number of aryl methyl sites for hydroxylation is 1. The molecule has 0 unspecified atom stereocenters. The fourth-order valence-electron chi connectivity index (χ4n) is 3.47. The third kappa shape index (κ3) is 6.44. The van der Waals surface area contributed by atoms with E-state index < -0.39 is 0 Å². The number of carbonyl (C=O) groups excluding carboxylic acids is 1. The number of carbonyl (C=O) groups is 1. The molecule has 4 nitrogen and oxygen atoms in total. The van der Waals surface area contributed by atoms with Crippen molar-refractivity contribution >= 4 is 5.91 Å². The van der Waals surface area contributed by atoms with Gasteiger partial charge in [0.05, 0.1) is 6.10 Å². The molecule has 4 heteroatoms. The number of piperidine rings is 1. The minimum Gasteiger partial charge on any atom is -0.378 e. The normalized spacial score (nSPS) is 16.2. The molecule has 1 aromatic carbocycles. The van der Waals surface area contributed by atoms with Crippen LogP contribution < -0.4 is 5.73 Å². The van der Waals surface area contributed by atoms with Crippen LogP contribution in [0.15, 0.2) is 30.3 Å². The zero-order valence-electron chi connectivity index (χ0n) is 15.9. The van der Waals surface area contributed by atoms with Crippen molar-refractivity contribution in [2.75, 3.05) is 26.2 Å². The number of benzene rings is 1. The van der Waals surface area contributed by atoms with Gasteiger partial charge in [-0.05, 0) is 50.6 Å². The second-order valence-electron chi connectivity index (χ2n) is 7.73. The molecule has 0 aliphatic carbocycles. The standard InChI is InChI=1S/C21H34N2O2/c1-21(2,13-6-10-18-8-4-3-5-9-18)20(24)23-15-11-19(12-16-23)25-17-7-14-22/h3-5,8-9,19H,6-7,10-17,22H2,1-2H3. The smallest absolute Gasteiger partial charge is 0.228 e. The van der Waals surface area contributed by atoms with E-state index in [1.165, 1.54) is 5.56 Å².